The van der Waals surface area contributed by atoms with Gasteiger partial charge >= 0.3 is 0 Å². The highest BCUT2D eigenvalue weighted by molar-refractivity contribution is 5.79. The Morgan fingerprint density at radius 3 is 2.26 bits per heavy atom. The van der Waals surface area contributed by atoms with Gasteiger partial charge in [0, 0.05) is 31.4 Å². The van der Waals surface area contributed by atoms with E-state index in [1.165, 1.54) is 0 Å². The van der Waals surface area contributed by atoms with Gasteiger partial charge < -0.3 is 10.1 Å². The lowest BCUT2D eigenvalue weighted by molar-refractivity contribution is -0.125. The molecule has 0 aliphatic carbocycles. The molecule has 1 amide bonds. The van der Waals surface area contributed by atoms with Crippen LogP contribution in [0.4, 0.5) is 0 Å². The van der Waals surface area contributed by atoms with Crippen molar-refractivity contribution >= 4 is 11.7 Å². The summed E-state index contributed by atoms with van der Waals surface area (Å²) in [7, 11) is 0. The lowest BCUT2D eigenvalue weighted by atomic mass is 9.98. The van der Waals surface area contributed by atoms with Crippen molar-refractivity contribution in [2.24, 2.45) is 5.92 Å². The highest BCUT2D eigenvalue weighted by Gasteiger charge is 2.25. The third kappa shape index (κ3) is 12.2. The van der Waals surface area contributed by atoms with Crippen LogP contribution in [-0.4, -0.2) is 29.4 Å². The summed E-state index contributed by atoms with van der Waals surface area (Å²) in [6, 6.07) is 0. The first-order chi connectivity index (χ1) is 10.5. The van der Waals surface area contributed by atoms with Gasteiger partial charge in [-0.1, -0.05) is 27.2 Å². The molecular formula is C19H37NO3. The van der Waals surface area contributed by atoms with Crippen LogP contribution < -0.4 is 5.32 Å². The zero-order chi connectivity index (χ0) is 18.1. The number of hydrogen-bond acceptors (Lipinski definition) is 3. The molecule has 0 aromatic rings. The quantitative estimate of drug-likeness (QED) is 0.582. The van der Waals surface area contributed by atoms with Crippen molar-refractivity contribution in [3.8, 4) is 0 Å². The third-order valence-electron chi connectivity index (χ3n) is 3.90. The lowest BCUT2D eigenvalue weighted by Crippen LogP contribution is -2.44. The molecule has 0 fully saturated rings. The second kappa shape index (κ2) is 10.1. The number of hydrogen-bond donors (Lipinski definition) is 1. The number of amides is 1. The van der Waals surface area contributed by atoms with Gasteiger partial charge in [0.1, 0.15) is 5.78 Å². The number of rotatable bonds is 12. The van der Waals surface area contributed by atoms with Crippen molar-refractivity contribution in [2.45, 2.75) is 98.1 Å². The Hall–Kier alpha value is -0.900. The predicted octanol–water partition coefficient (Wildman–Crippen LogP) is 4.26. The van der Waals surface area contributed by atoms with E-state index in [1.54, 1.807) is 0 Å². The maximum atomic E-state index is 12.0. The minimum atomic E-state index is -0.440. The number of Topliss-reactive ketones (excluding diaryl/α,β-unsaturated/α-hetero) is 1. The van der Waals surface area contributed by atoms with Gasteiger partial charge in [-0.05, 0) is 46.5 Å². The van der Waals surface area contributed by atoms with Crippen molar-refractivity contribution in [1.82, 2.24) is 5.32 Å². The number of carbonyl (C=O) groups excluding carboxylic acids is 2. The number of ether oxygens (including phenoxy) is 1. The number of carbonyl (C=O) groups is 2. The molecule has 0 aromatic heterocycles. The Kier molecular flexibility index (Phi) is 9.67. The molecule has 0 saturated carbocycles. The molecule has 0 heterocycles. The molecule has 0 bridgehead atoms. The molecule has 4 heteroatoms. The van der Waals surface area contributed by atoms with Gasteiger partial charge in [-0.25, -0.2) is 0 Å². The minimum absolute atomic E-state index is 0.107. The molecule has 0 radical (unpaired) electrons. The predicted molar refractivity (Wildman–Crippen MR) is 95.5 cm³/mol. The summed E-state index contributed by atoms with van der Waals surface area (Å²) in [5.41, 5.74) is -0.732. The fourth-order valence-electron chi connectivity index (χ4n) is 2.41. The van der Waals surface area contributed by atoms with Crippen molar-refractivity contribution < 1.29 is 14.3 Å². The Morgan fingerprint density at radius 2 is 1.74 bits per heavy atom. The van der Waals surface area contributed by atoms with Gasteiger partial charge in [0.05, 0.1) is 5.60 Å². The van der Waals surface area contributed by atoms with Crippen LogP contribution >= 0.6 is 0 Å². The highest BCUT2D eigenvalue weighted by Crippen LogP contribution is 2.18. The van der Waals surface area contributed by atoms with E-state index >= 15 is 0 Å². The van der Waals surface area contributed by atoms with Crippen molar-refractivity contribution in [3.05, 3.63) is 0 Å². The van der Waals surface area contributed by atoms with E-state index in [4.69, 9.17) is 4.74 Å². The first-order valence-electron chi connectivity index (χ1n) is 8.94. The van der Waals surface area contributed by atoms with E-state index in [0.29, 0.717) is 31.8 Å². The molecule has 0 aliphatic rings. The molecule has 0 saturated heterocycles. The van der Waals surface area contributed by atoms with Crippen LogP contribution in [0.25, 0.3) is 0 Å². The summed E-state index contributed by atoms with van der Waals surface area (Å²) < 4.78 is 5.86. The molecule has 0 aliphatic heterocycles. The first kappa shape index (κ1) is 22.1. The van der Waals surface area contributed by atoms with E-state index in [0.717, 1.165) is 19.3 Å². The smallest absolute Gasteiger partial charge is 0.220 e. The van der Waals surface area contributed by atoms with E-state index in [9.17, 15) is 9.59 Å². The van der Waals surface area contributed by atoms with Gasteiger partial charge in [0.2, 0.25) is 5.91 Å². The van der Waals surface area contributed by atoms with E-state index in [2.05, 4.69) is 19.2 Å². The Morgan fingerprint density at radius 1 is 1.13 bits per heavy atom. The molecule has 1 N–H and O–H groups in total. The maximum absolute atomic E-state index is 12.0. The van der Waals surface area contributed by atoms with Crippen LogP contribution in [0.1, 0.15) is 87.0 Å². The van der Waals surface area contributed by atoms with E-state index in [-0.39, 0.29) is 17.2 Å². The van der Waals surface area contributed by atoms with Crippen molar-refractivity contribution in [3.63, 3.8) is 0 Å². The Balaban J connectivity index is 4.12. The van der Waals surface area contributed by atoms with Gasteiger partial charge in [0.25, 0.3) is 0 Å². The second-order valence-electron chi connectivity index (χ2n) is 8.15. The molecule has 0 rings (SSSR count). The van der Waals surface area contributed by atoms with Crippen LogP contribution in [-0.2, 0) is 14.3 Å². The second-order valence-corrected chi connectivity index (χ2v) is 8.15. The van der Waals surface area contributed by atoms with E-state index in [1.807, 2.05) is 34.6 Å². The van der Waals surface area contributed by atoms with Gasteiger partial charge in [-0.3, -0.25) is 9.59 Å². The van der Waals surface area contributed by atoms with Crippen LogP contribution in [0, 0.1) is 5.92 Å². The summed E-state index contributed by atoms with van der Waals surface area (Å²) >= 11 is 0. The summed E-state index contributed by atoms with van der Waals surface area (Å²) in [4.78, 5) is 23.5. The standard InChI is InChI=1S/C19H37NO3/c1-8-16(21)14-19(6,7)23-13-12-18(4,5)20-17(22)11-9-10-15(2)3/h15H,8-14H2,1-7H3,(H,20,22). The zero-order valence-electron chi connectivity index (χ0n) is 16.3. The molecule has 0 atom stereocenters. The van der Waals surface area contributed by atoms with Crippen LogP contribution in [0.5, 0.6) is 0 Å². The average molecular weight is 328 g/mol. The van der Waals surface area contributed by atoms with Crippen LogP contribution in [0.15, 0.2) is 0 Å². The highest BCUT2D eigenvalue weighted by atomic mass is 16.5. The van der Waals surface area contributed by atoms with Gasteiger partial charge in [-0.2, -0.15) is 0 Å². The number of ketones is 1. The van der Waals surface area contributed by atoms with Crippen molar-refractivity contribution in [1.29, 1.82) is 0 Å². The summed E-state index contributed by atoms with van der Waals surface area (Å²) in [5.74, 6) is 0.959. The maximum Gasteiger partial charge on any atom is 0.220 e. The van der Waals surface area contributed by atoms with Crippen molar-refractivity contribution in [2.75, 3.05) is 6.61 Å². The molecule has 4 nitrogen and oxygen atoms in total. The topological polar surface area (TPSA) is 55.4 Å². The Labute approximate surface area is 142 Å². The zero-order valence-corrected chi connectivity index (χ0v) is 16.3. The molecular weight excluding hydrogens is 290 g/mol. The average Bonchev–Trinajstić information content (AvgIpc) is 2.36. The fraction of sp³-hybridized carbons (Fsp3) is 0.895. The largest absolute Gasteiger partial charge is 0.375 e. The molecule has 23 heavy (non-hydrogen) atoms. The lowest BCUT2D eigenvalue weighted by Gasteiger charge is -2.30. The van der Waals surface area contributed by atoms with E-state index < -0.39 is 5.60 Å². The van der Waals surface area contributed by atoms with Crippen LogP contribution in [0.2, 0.25) is 0 Å². The summed E-state index contributed by atoms with van der Waals surface area (Å²) in [6.45, 7) is 14.7. The minimum Gasteiger partial charge on any atom is -0.375 e. The summed E-state index contributed by atoms with van der Waals surface area (Å²) in [6.07, 6.45) is 4.31. The molecule has 0 unspecified atom stereocenters. The van der Waals surface area contributed by atoms with Gasteiger partial charge in [-0.15, -0.1) is 0 Å². The molecule has 136 valence electrons. The summed E-state index contributed by atoms with van der Waals surface area (Å²) in [5, 5.41) is 3.08. The van der Waals surface area contributed by atoms with Crippen LogP contribution in [0.3, 0.4) is 0 Å². The first-order valence-corrected chi connectivity index (χ1v) is 8.94. The third-order valence-corrected chi connectivity index (χ3v) is 3.90. The molecule has 0 aromatic carbocycles. The van der Waals surface area contributed by atoms with Gasteiger partial charge in [0.15, 0.2) is 0 Å². The molecule has 0 spiro atoms. The fourth-order valence-corrected chi connectivity index (χ4v) is 2.41. The normalized spacial score (nSPS) is 12.5. The Bertz CT molecular complexity index is 373. The SMILES string of the molecule is CCC(=O)CC(C)(C)OCCC(C)(C)NC(=O)CCCC(C)C. The monoisotopic (exact) mass is 327 g/mol. The number of nitrogens with one attached hydrogen (secondary N) is 1.